The summed E-state index contributed by atoms with van der Waals surface area (Å²) in [6.45, 7) is 7.44. The maximum absolute atomic E-state index is 6.03. The van der Waals surface area contributed by atoms with Crippen molar-refractivity contribution in [2.24, 2.45) is 10.9 Å². The van der Waals surface area contributed by atoms with E-state index in [2.05, 4.69) is 32.7 Å². The number of furan rings is 1. The fraction of sp³-hybridized carbons (Fsp3) is 0.542. The Morgan fingerprint density at radius 2 is 1.94 bits per heavy atom. The average Bonchev–Trinajstić information content (AvgIpc) is 3.54. The lowest BCUT2D eigenvalue weighted by atomic mass is 10.1. The van der Waals surface area contributed by atoms with E-state index in [0.29, 0.717) is 13.1 Å². The molecule has 176 valence electrons. The van der Waals surface area contributed by atoms with E-state index in [4.69, 9.17) is 13.9 Å². The summed E-state index contributed by atoms with van der Waals surface area (Å²) in [5.74, 6) is 4.35. The summed E-state index contributed by atoms with van der Waals surface area (Å²) < 4.78 is 17.5. The van der Waals surface area contributed by atoms with Gasteiger partial charge in [0, 0.05) is 38.8 Å². The summed E-state index contributed by atoms with van der Waals surface area (Å²) in [4.78, 5) is 6.82. The number of para-hydroxylation sites is 1. The largest absolute Gasteiger partial charge is 0.493 e. The second-order valence-corrected chi connectivity index (χ2v) is 8.28. The average molecular weight is 554 g/mol. The molecule has 0 bridgehead atoms. The van der Waals surface area contributed by atoms with Crippen LogP contribution >= 0.6 is 24.0 Å². The van der Waals surface area contributed by atoms with E-state index < -0.39 is 0 Å². The molecule has 1 atom stereocenters. The van der Waals surface area contributed by atoms with Gasteiger partial charge in [0.05, 0.1) is 25.9 Å². The molecule has 2 heterocycles. The molecule has 1 aromatic heterocycles. The number of ether oxygens (including phenoxy) is 2. The van der Waals surface area contributed by atoms with Crippen molar-refractivity contribution >= 4 is 29.9 Å². The molecule has 2 N–H and O–H groups in total. The minimum atomic E-state index is 0. The number of nitrogens with one attached hydrogen (secondary N) is 2. The number of hydrogen-bond donors (Lipinski definition) is 2. The first-order valence-corrected chi connectivity index (χ1v) is 11.3. The molecule has 2 fully saturated rings. The van der Waals surface area contributed by atoms with Crippen LogP contribution in [0.1, 0.15) is 36.0 Å². The van der Waals surface area contributed by atoms with Crippen molar-refractivity contribution < 1.29 is 13.9 Å². The van der Waals surface area contributed by atoms with Crippen LogP contribution < -0.4 is 15.4 Å². The summed E-state index contributed by atoms with van der Waals surface area (Å²) in [6, 6.07) is 12.4. The van der Waals surface area contributed by atoms with E-state index in [1.165, 1.54) is 12.8 Å². The molecule has 0 amide bonds. The Morgan fingerprint density at radius 1 is 1.16 bits per heavy atom. The molecule has 8 heteroatoms. The molecule has 32 heavy (non-hydrogen) atoms. The molecule has 1 saturated carbocycles. The van der Waals surface area contributed by atoms with Gasteiger partial charge in [0.25, 0.3) is 0 Å². The number of halogens is 1. The summed E-state index contributed by atoms with van der Waals surface area (Å²) in [6.07, 6.45) is 2.58. The SMILES string of the molecule is CN=C(NCc1ccccc1OCC1CC1)NCC(c1ccc(C)o1)N1CCOCC1.I. The highest BCUT2D eigenvalue weighted by Gasteiger charge is 2.25. The van der Waals surface area contributed by atoms with Crippen molar-refractivity contribution in [3.63, 3.8) is 0 Å². The predicted molar refractivity (Wildman–Crippen MR) is 137 cm³/mol. The van der Waals surface area contributed by atoms with Crippen LogP contribution in [0.5, 0.6) is 5.75 Å². The molecular weight excluding hydrogens is 519 g/mol. The lowest BCUT2D eigenvalue weighted by Crippen LogP contribution is -2.46. The molecule has 2 aliphatic rings. The molecule has 1 aliphatic carbocycles. The van der Waals surface area contributed by atoms with Crippen LogP contribution in [0.25, 0.3) is 0 Å². The Bertz CT molecular complexity index is 862. The van der Waals surface area contributed by atoms with Crippen LogP contribution in [0.2, 0.25) is 0 Å². The van der Waals surface area contributed by atoms with Gasteiger partial charge in [0.1, 0.15) is 17.3 Å². The Labute approximate surface area is 208 Å². The van der Waals surface area contributed by atoms with E-state index >= 15 is 0 Å². The van der Waals surface area contributed by atoms with Crippen molar-refractivity contribution in [2.75, 3.05) is 46.5 Å². The minimum Gasteiger partial charge on any atom is -0.493 e. The summed E-state index contributed by atoms with van der Waals surface area (Å²) in [5.41, 5.74) is 1.14. The van der Waals surface area contributed by atoms with E-state index in [1.807, 2.05) is 31.2 Å². The highest BCUT2D eigenvalue weighted by molar-refractivity contribution is 14.0. The molecule has 0 spiro atoms. The van der Waals surface area contributed by atoms with Crippen LogP contribution in [0.4, 0.5) is 0 Å². The van der Waals surface area contributed by atoms with E-state index in [-0.39, 0.29) is 30.0 Å². The standard InChI is InChI=1S/C24H34N4O3.HI/c1-18-7-10-23(31-18)21(28-11-13-29-14-12-28)16-27-24(25-2)26-15-20-5-3-4-6-22(20)30-17-19-8-9-19;/h3-7,10,19,21H,8-9,11-17H2,1-2H3,(H2,25,26,27);1H. The number of aryl methyl sites for hydroxylation is 1. The molecule has 1 aliphatic heterocycles. The number of benzene rings is 1. The fourth-order valence-corrected chi connectivity index (χ4v) is 3.81. The Kier molecular flexibility index (Phi) is 9.68. The van der Waals surface area contributed by atoms with Crippen LogP contribution in [0.15, 0.2) is 45.8 Å². The first-order valence-electron chi connectivity index (χ1n) is 11.3. The molecule has 7 nitrogen and oxygen atoms in total. The van der Waals surface area contributed by atoms with Crippen molar-refractivity contribution in [3.05, 3.63) is 53.5 Å². The Morgan fingerprint density at radius 3 is 2.62 bits per heavy atom. The maximum atomic E-state index is 6.03. The lowest BCUT2D eigenvalue weighted by molar-refractivity contribution is 0.0124. The van der Waals surface area contributed by atoms with Gasteiger partial charge in [-0.15, -0.1) is 24.0 Å². The van der Waals surface area contributed by atoms with Gasteiger partial charge >= 0.3 is 0 Å². The zero-order chi connectivity index (χ0) is 21.5. The van der Waals surface area contributed by atoms with Crippen molar-refractivity contribution in [3.8, 4) is 5.75 Å². The van der Waals surface area contributed by atoms with Crippen molar-refractivity contribution in [2.45, 2.75) is 32.4 Å². The van der Waals surface area contributed by atoms with Gasteiger partial charge in [0.2, 0.25) is 0 Å². The van der Waals surface area contributed by atoms with Crippen LogP contribution in [0.3, 0.4) is 0 Å². The molecule has 4 rings (SSSR count). The van der Waals surface area contributed by atoms with E-state index in [0.717, 1.165) is 67.6 Å². The zero-order valence-electron chi connectivity index (χ0n) is 19.0. The van der Waals surface area contributed by atoms with Gasteiger partial charge in [-0.25, -0.2) is 0 Å². The first-order chi connectivity index (χ1) is 15.2. The number of aliphatic imine (C=N–C) groups is 1. The fourth-order valence-electron chi connectivity index (χ4n) is 3.81. The van der Waals surface area contributed by atoms with Gasteiger partial charge < -0.3 is 24.5 Å². The topological polar surface area (TPSA) is 71.3 Å². The van der Waals surface area contributed by atoms with Gasteiger partial charge in [-0.05, 0) is 43.9 Å². The molecule has 1 unspecified atom stereocenters. The quantitative estimate of drug-likeness (QED) is 0.280. The number of nitrogens with zero attached hydrogens (tertiary/aromatic N) is 2. The summed E-state index contributed by atoms with van der Waals surface area (Å²) in [7, 11) is 1.80. The van der Waals surface area contributed by atoms with Crippen LogP contribution in [-0.2, 0) is 11.3 Å². The third-order valence-electron chi connectivity index (χ3n) is 5.85. The molecular formula is C24H35IN4O3. The number of morpholine rings is 1. The lowest BCUT2D eigenvalue weighted by Gasteiger charge is -2.33. The zero-order valence-corrected chi connectivity index (χ0v) is 21.3. The van der Waals surface area contributed by atoms with E-state index in [9.17, 15) is 0 Å². The summed E-state index contributed by atoms with van der Waals surface area (Å²) >= 11 is 0. The highest BCUT2D eigenvalue weighted by Crippen LogP contribution is 2.30. The monoisotopic (exact) mass is 554 g/mol. The third kappa shape index (κ3) is 7.11. The molecule has 2 aromatic rings. The smallest absolute Gasteiger partial charge is 0.191 e. The number of hydrogen-bond acceptors (Lipinski definition) is 5. The van der Waals surface area contributed by atoms with Crippen LogP contribution in [0, 0.1) is 12.8 Å². The second-order valence-electron chi connectivity index (χ2n) is 8.28. The van der Waals surface area contributed by atoms with Gasteiger partial charge in [0.15, 0.2) is 5.96 Å². The van der Waals surface area contributed by atoms with E-state index in [1.54, 1.807) is 7.05 Å². The minimum absolute atomic E-state index is 0. The molecule has 0 radical (unpaired) electrons. The molecule has 1 aromatic carbocycles. The number of rotatable bonds is 9. The van der Waals surface area contributed by atoms with Gasteiger partial charge in [-0.1, -0.05) is 18.2 Å². The van der Waals surface area contributed by atoms with Gasteiger partial charge in [-0.3, -0.25) is 9.89 Å². The Hall–Kier alpha value is -1.78. The maximum Gasteiger partial charge on any atom is 0.191 e. The highest BCUT2D eigenvalue weighted by atomic mass is 127. The van der Waals surface area contributed by atoms with Crippen LogP contribution in [-0.4, -0.2) is 57.4 Å². The normalized spacial score (nSPS) is 18.0. The second kappa shape index (κ2) is 12.5. The van der Waals surface area contributed by atoms with Crippen molar-refractivity contribution in [1.82, 2.24) is 15.5 Å². The number of guanidine groups is 1. The van der Waals surface area contributed by atoms with Crippen molar-refractivity contribution in [1.29, 1.82) is 0 Å². The molecule has 1 saturated heterocycles. The first kappa shape index (κ1) is 24.9. The Balaban J connectivity index is 0.00000289. The predicted octanol–water partition coefficient (Wildman–Crippen LogP) is 3.73. The summed E-state index contributed by atoms with van der Waals surface area (Å²) in [5, 5.41) is 6.91. The van der Waals surface area contributed by atoms with Gasteiger partial charge in [-0.2, -0.15) is 0 Å². The third-order valence-corrected chi connectivity index (χ3v) is 5.85.